The number of hydrogen-bond acceptors (Lipinski definition) is 1. The normalized spacial score (nSPS) is 11.0. The summed E-state index contributed by atoms with van der Waals surface area (Å²) in [5, 5.41) is 8.56. The fourth-order valence-corrected chi connectivity index (χ4v) is 1.98. The van der Waals surface area contributed by atoms with Crippen LogP contribution in [0.3, 0.4) is 0 Å². The number of benzene rings is 1. The minimum Gasteiger partial charge on any atom is -0.478 e. The zero-order valence-corrected chi connectivity index (χ0v) is 10.4. The molecule has 0 aliphatic carbocycles. The molecule has 0 saturated carbocycles. The van der Waals surface area contributed by atoms with Crippen LogP contribution < -0.4 is 0 Å². The van der Waals surface area contributed by atoms with Gasteiger partial charge in [0.1, 0.15) is 0 Å². The standard InChI is InChI=1S/C15H15NO2/c1-11-3-4-12(2)16(11)14-8-5-13(6-9-14)7-10-15(17)18/h3-10H,1-2H3,(H,17,18). The molecule has 0 bridgehead atoms. The lowest BCUT2D eigenvalue weighted by Crippen LogP contribution is -1.98. The zero-order chi connectivity index (χ0) is 13.1. The van der Waals surface area contributed by atoms with Crippen molar-refractivity contribution in [2.24, 2.45) is 0 Å². The van der Waals surface area contributed by atoms with E-state index in [0.717, 1.165) is 17.3 Å². The van der Waals surface area contributed by atoms with Gasteiger partial charge in [-0.05, 0) is 49.8 Å². The van der Waals surface area contributed by atoms with E-state index >= 15 is 0 Å². The van der Waals surface area contributed by atoms with Crippen LogP contribution >= 0.6 is 0 Å². The summed E-state index contributed by atoms with van der Waals surface area (Å²) in [6.45, 7) is 4.12. The van der Waals surface area contributed by atoms with Crippen molar-refractivity contribution in [2.75, 3.05) is 0 Å². The lowest BCUT2D eigenvalue weighted by atomic mass is 10.2. The molecule has 3 heteroatoms. The molecule has 0 radical (unpaired) electrons. The second-order valence-electron chi connectivity index (χ2n) is 4.21. The molecule has 2 rings (SSSR count). The van der Waals surface area contributed by atoms with Crippen LogP contribution in [0.15, 0.2) is 42.5 Å². The number of aromatic nitrogens is 1. The number of nitrogens with zero attached hydrogens (tertiary/aromatic N) is 1. The van der Waals surface area contributed by atoms with E-state index in [9.17, 15) is 4.79 Å². The van der Waals surface area contributed by atoms with Gasteiger partial charge in [0.25, 0.3) is 0 Å². The minimum atomic E-state index is -0.934. The Balaban J connectivity index is 2.31. The highest BCUT2D eigenvalue weighted by Gasteiger charge is 2.02. The van der Waals surface area contributed by atoms with E-state index in [2.05, 4.69) is 30.5 Å². The van der Waals surface area contributed by atoms with E-state index in [1.54, 1.807) is 6.08 Å². The summed E-state index contributed by atoms with van der Waals surface area (Å²) >= 11 is 0. The van der Waals surface area contributed by atoms with Crippen LogP contribution in [0.5, 0.6) is 0 Å². The number of rotatable bonds is 3. The van der Waals surface area contributed by atoms with Crippen molar-refractivity contribution in [3.63, 3.8) is 0 Å². The molecule has 0 aliphatic rings. The predicted molar refractivity (Wildman–Crippen MR) is 71.9 cm³/mol. The van der Waals surface area contributed by atoms with Crippen LogP contribution in [-0.4, -0.2) is 15.6 Å². The van der Waals surface area contributed by atoms with Crippen molar-refractivity contribution in [1.29, 1.82) is 0 Å². The SMILES string of the molecule is Cc1ccc(C)n1-c1ccc(C=CC(=O)O)cc1. The molecule has 0 saturated heterocycles. The molecule has 2 aromatic rings. The summed E-state index contributed by atoms with van der Waals surface area (Å²) in [6.07, 6.45) is 2.72. The molecular weight excluding hydrogens is 226 g/mol. The number of carboxylic acids is 1. The summed E-state index contributed by atoms with van der Waals surface area (Å²) in [5.74, 6) is -0.934. The van der Waals surface area contributed by atoms with Gasteiger partial charge in [0, 0.05) is 23.2 Å². The van der Waals surface area contributed by atoms with Gasteiger partial charge in [-0.15, -0.1) is 0 Å². The number of carbonyl (C=O) groups is 1. The van der Waals surface area contributed by atoms with E-state index < -0.39 is 5.97 Å². The Morgan fingerprint density at radius 1 is 1.06 bits per heavy atom. The topological polar surface area (TPSA) is 42.2 Å². The fourth-order valence-electron chi connectivity index (χ4n) is 1.98. The molecule has 0 aliphatic heterocycles. The van der Waals surface area contributed by atoms with Gasteiger partial charge in [-0.25, -0.2) is 4.79 Å². The van der Waals surface area contributed by atoms with Crippen LogP contribution in [0, 0.1) is 13.8 Å². The Bertz CT molecular complexity index is 572. The quantitative estimate of drug-likeness (QED) is 0.838. The Labute approximate surface area is 106 Å². The van der Waals surface area contributed by atoms with Gasteiger partial charge < -0.3 is 9.67 Å². The Hall–Kier alpha value is -2.29. The smallest absolute Gasteiger partial charge is 0.328 e. The molecule has 18 heavy (non-hydrogen) atoms. The summed E-state index contributed by atoms with van der Waals surface area (Å²) in [4.78, 5) is 10.4. The van der Waals surface area contributed by atoms with Crippen molar-refractivity contribution in [2.45, 2.75) is 13.8 Å². The number of aliphatic carboxylic acids is 1. The van der Waals surface area contributed by atoms with Crippen LogP contribution in [0.2, 0.25) is 0 Å². The monoisotopic (exact) mass is 241 g/mol. The molecule has 1 N–H and O–H groups in total. The van der Waals surface area contributed by atoms with Crippen LogP contribution in [0.4, 0.5) is 0 Å². The molecule has 0 amide bonds. The summed E-state index contributed by atoms with van der Waals surface area (Å²) in [5.41, 5.74) is 4.33. The number of hydrogen-bond donors (Lipinski definition) is 1. The first kappa shape index (κ1) is 12.2. The van der Waals surface area contributed by atoms with Gasteiger partial charge >= 0.3 is 5.97 Å². The molecule has 0 unspecified atom stereocenters. The van der Waals surface area contributed by atoms with Gasteiger partial charge in [0.05, 0.1) is 0 Å². The highest BCUT2D eigenvalue weighted by molar-refractivity contribution is 5.85. The van der Waals surface area contributed by atoms with Crippen LogP contribution in [0.25, 0.3) is 11.8 Å². The van der Waals surface area contributed by atoms with Gasteiger partial charge in [0.15, 0.2) is 0 Å². The van der Waals surface area contributed by atoms with Crippen molar-refractivity contribution < 1.29 is 9.90 Å². The van der Waals surface area contributed by atoms with Crippen molar-refractivity contribution in [3.05, 3.63) is 59.4 Å². The van der Waals surface area contributed by atoms with Gasteiger partial charge in [-0.3, -0.25) is 0 Å². The Morgan fingerprint density at radius 3 is 2.11 bits per heavy atom. The zero-order valence-electron chi connectivity index (χ0n) is 10.4. The Morgan fingerprint density at radius 2 is 1.61 bits per heavy atom. The van der Waals surface area contributed by atoms with Gasteiger partial charge in [-0.2, -0.15) is 0 Å². The summed E-state index contributed by atoms with van der Waals surface area (Å²) < 4.78 is 2.16. The lowest BCUT2D eigenvalue weighted by Gasteiger charge is -2.09. The third kappa shape index (κ3) is 2.51. The maximum absolute atomic E-state index is 10.4. The number of carboxylic acid groups (broad SMARTS) is 1. The average Bonchev–Trinajstić information content (AvgIpc) is 2.67. The van der Waals surface area contributed by atoms with Crippen molar-refractivity contribution >= 4 is 12.0 Å². The third-order valence-electron chi connectivity index (χ3n) is 2.84. The van der Waals surface area contributed by atoms with Crippen molar-refractivity contribution in [3.8, 4) is 5.69 Å². The molecular formula is C15H15NO2. The first-order valence-corrected chi connectivity index (χ1v) is 5.74. The molecule has 3 nitrogen and oxygen atoms in total. The molecule has 1 aromatic heterocycles. The summed E-state index contributed by atoms with van der Waals surface area (Å²) in [6, 6.07) is 11.9. The van der Waals surface area contributed by atoms with Gasteiger partial charge in [0.2, 0.25) is 0 Å². The molecule has 0 atom stereocenters. The van der Waals surface area contributed by atoms with Crippen molar-refractivity contribution in [1.82, 2.24) is 4.57 Å². The number of aryl methyl sites for hydroxylation is 2. The first-order valence-electron chi connectivity index (χ1n) is 5.74. The summed E-state index contributed by atoms with van der Waals surface area (Å²) in [7, 11) is 0. The average molecular weight is 241 g/mol. The molecule has 92 valence electrons. The minimum absolute atomic E-state index is 0.878. The van der Waals surface area contributed by atoms with Crippen LogP contribution in [-0.2, 0) is 4.79 Å². The molecule has 0 fully saturated rings. The maximum Gasteiger partial charge on any atom is 0.328 e. The van der Waals surface area contributed by atoms with E-state index in [1.807, 2.05) is 24.3 Å². The second-order valence-corrected chi connectivity index (χ2v) is 4.21. The van der Waals surface area contributed by atoms with E-state index in [0.29, 0.717) is 0 Å². The van der Waals surface area contributed by atoms with E-state index in [1.165, 1.54) is 11.4 Å². The maximum atomic E-state index is 10.4. The Kier molecular flexibility index (Phi) is 3.33. The lowest BCUT2D eigenvalue weighted by molar-refractivity contribution is -0.131. The largest absolute Gasteiger partial charge is 0.478 e. The van der Waals surface area contributed by atoms with E-state index in [4.69, 9.17) is 5.11 Å². The third-order valence-corrected chi connectivity index (χ3v) is 2.84. The molecule has 0 spiro atoms. The second kappa shape index (κ2) is 4.92. The molecule has 1 aromatic carbocycles. The van der Waals surface area contributed by atoms with Gasteiger partial charge in [-0.1, -0.05) is 12.1 Å². The fraction of sp³-hybridized carbons (Fsp3) is 0.133. The highest BCUT2D eigenvalue weighted by Crippen LogP contribution is 2.17. The van der Waals surface area contributed by atoms with Crippen LogP contribution in [0.1, 0.15) is 17.0 Å². The predicted octanol–water partition coefficient (Wildman–Crippen LogP) is 3.19. The highest BCUT2D eigenvalue weighted by atomic mass is 16.4. The first-order chi connectivity index (χ1) is 8.58. The molecule has 1 heterocycles. The van der Waals surface area contributed by atoms with E-state index in [-0.39, 0.29) is 0 Å².